The monoisotopic (exact) mass is 240 g/mol. The van der Waals surface area contributed by atoms with Crippen molar-refractivity contribution in [2.75, 3.05) is 6.54 Å². The number of amides is 1. The first kappa shape index (κ1) is 12.7. The Morgan fingerprint density at radius 1 is 1.50 bits per heavy atom. The summed E-state index contributed by atoms with van der Waals surface area (Å²) in [6.45, 7) is 0.619. The average molecular weight is 240 g/mol. The second-order valence-corrected chi connectivity index (χ2v) is 4.02. The fourth-order valence-electron chi connectivity index (χ4n) is 1.27. The van der Waals surface area contributed by atoms with Gasteiger partial charge in [-0.05, 0) is 25.0 Å². The molecule has 0 aliphatic carbocycles. The molecule has 0 bridgehead atoms. The quantitative estimate of drug-likeness (QED) is 0.558. The number of carbonyl (C=O) groups is 1. The van der Waals surface area contributed by atoms with Crippen molar-refractivity contribution in [1.29, 1.82) is 0 Å². The second-order valence-electron chi connectivity index (χ2n) is 3.50. The van der Waals surface area contributed by atoms with Gasteiger partial charge in [0.1, 0.15) is 5.76 Å². The number of thiocarbonyl (C=S) groups is 1. The van der Waals surface area contributed by atoms with Crippen LogP contribution in [0.3, 0.4) is 0 Å². The summed E-state index contributed by atoms with van der Waals surface area (Å²) in [6, 6.07) is 3.68. The Labute approximate surface area is 100 Å². The third-order valence-electron chi connectivity index (χ3n) is 2.10. The molecule has 1 heterocycles. The summed E-state index contributed by atoms with van der Waals surface area (Å²) in [5, 5.41) is 2.80. The second kappa shape index (κ2) is 7.00. The smallest absolute Gasteiger partial charge is 0.220 e. The molecule has 1 aromatic rings. The van der Waals surface area contributed by atoms with Crippen LogP contribution in [0.2, 0.25) is 0 Å². The summed E-state index contributed by atoms with van der Waals surface area (Å²) in [5.74, 6) is 0.859. The molecule has 0 unspecified atom stereocenters. The van der Waals surface area contributed by atoms with Crippen molar-refractivity contribution >= 4 is 23.1 Å². The number of nitrogens with two attached hydrogens (primary N) is 1. The molecule has 1 amide bonds. The molecule has 0 saturated heterocycles. The molecule has 0 saturated carbocycles. The highest BCUT2D eigenvalue weighted by Crippen LogP contribution is 2.03. The van der Waals surface area contributed by atoms with Crippen LogP contribution >= 0.6 is 12.2 Å². The molecule has 0 radical (unpaired) electrons. The Balaban J connectivity index is 2.05. The number of hydrogen-bond donors (Lipinski definition) is 2. The molecule has 0 aliphatic heterocycles. The average Bonchev–Trinajstić information content (AvgIpc) is 2.74. The Kier molecular flexibility index (Phi) is 5.56. The normalized spacial score (nSPS) is 10.0. The lowest BCUT2D eigenvalue weighted by Crippen LogP contribution is -2.25. The van der Waals surface area contributed by atoms with Gasteiger partial charge in [-0.1, -0.05) is 12.2 Å². The highest BCUT2D eigenvalue weighted by molar-refractivity contribution is 7.80. The van der Waals surface area contributed by atoms with Gasteiger partial charge in [-0.25, -0.2) is 0 Å². The van der Waals surface area contributed by atoms with E-state index in [0.29, 0.717) is 30.8 Å². The van der Waals surface area contributed by atoms with Gasteiger partial charge < -0.3 is 15.5 Å². The van der Waals surface area contributed by atoms with E-state index in [9.17, 15) is 4.79 Å². The van der Waals surface area contributed by atoms with E-state index in [-0.39, 0.29) is 5.91 Å². The highest BCUT2D eigenvalue weighted by atomic mass is 32.1. The first-order valence-electron chi connectivity index (χ1n) is 5.26. The van der Waals surface area contributed by atoms with E-state index in [4.69, 9.17) is 22.4 Å². The maximum atomic E-state index is 11.4. The molecule has 0 fully saturated rings. The van der Waals surface area contributed by atoms with Crippen LogP contribution < -0.4 is 11.1 Å². The van der Waals surface area contributed by atoms with Crippen molar-refractivity contribution in [2.24, 2.45) is 5.73 Å². The molecule has 0 spiro atoms. The van der Waals surface area contributed by atoms with Crippen molar-refractivity contribution in [3.05, 3.63) is 24.2 Å². The number of furan rings is 1. The van der Waals surface area contributed by atoms with Crippen LogP contribution in [0.15, 0.2) is 22.8 Å². The van der Waals surface area contributed by atoms with Crippen molar-refractivity contribution < 1.29 is 9.21 Å². The molecule has 5 heteroatoms. The Bertz CT molecular complexity index is 336. The number of rotatable bonds is 7. The van der Waals surface area contributed by atoms with Gasteiger partial charge in [0.05, 0.1) is 11.3 Å². The largest absolute Gasteiger partial charge is 0.469 e. The molecule has 0 aliphatic rings. The lowest BCUT2D eigenvalue weighted by Gasteiger charge is -2.03. The number of aryl methyl sites for hydroxylation is 1. The van der Waals surface area contributed by atoms with Gasteiger partial charge in [-0.3, -0.25) is 4.79 Å². The van der Waals surface area contributed by atoms with Crippen LogP contribution in [0.4, 0.5) is 0 Å². The number of nitrogens with one attached hydrogen (secondary N) is 1. The highest BCUT2D eigenvalue weighted by Gasteiger charge is 2.03. The summed E-state index contributed by atoms with van der Waals surface area (Å²) in [4.78, 5) is 11.9. The van der Waals surface area contributed by atoms with Crippen LogP contribution in [0.1, 0.15) is 25.0 Å². The van der Waals surface area contributed by atoms with Gasteiger partial charge in [0.15, 0.2) is 0 Å². The van der Waals surface area contributed by atoms with Gasteiger partial charge >= 0.3 is 0 Å². The molecule has 88 valence electrons. The minimum atomic E-state index is 0.0272. The molecule has 1 rings (SSSR count). The van der Waals surface area contributed by atoms with Gasteiger partial charge in [-0.15, -0.1) is 0 Å². The first-order valence-corrected chi connectivity index (χ1v) is 5.66. The molecule has 3 N–H and O–H groups in total. The minimum absolute atomic E-state index is 0.0272. The van der Waals surface area contributed by atoms with E-state index in [1.807, 2.05) is 12.1 Å². The summed E-state index contributed by atoms with van der Waals surface area (Å²) < 4.78 is 5.13. The fraction of sp³-hybridized carbons (Fsp3) is 0.455. The third kappa shape index (κ3) is 5.50. The third-order valence-corrected chi connectivity index (χ3v) is 2.30. The predicted molar refractivity (Wildman–Crippen MR) is 66.1 cm³/mol. The van der Waals surface area contributed by atoms with Crippen molar-refractivity contribution in [2.45, 2.75) is 25.7 Å². The van der Waals surface area contributed by atoms with E-state index in [1.165, 1.54) is 0 Å². The van der Waals surface area contributed by atoms with Gasteiger partial charge in [0.25, 0.3) is 0 Å². The maximum absolute atomic E-state index is 11.4. The van der Waals surface area contributed by atoms with Crippen LogP contribution in [-0.2, 0) is 11.2 Å². The Morgan fingerprint density at radius 2 is 2.31 bits per heavy atom. The summed E-state index contributed by atoms with van der Waals surface area (Å²) in [7, 11) is 0. The number of carbonyl (C=O) groups excluding carboxylic acids is 1. The zero-order chi connectivity index (χ0) is 11.8. The maximum Gasteiger partial charge on any atom is 0.220 e. The fourth-order valence-corrected chi connectivity index (χ4v) is 1.41. The van der Waals surface area contributed by atoms with Crippen molar-refractivity contribution in [3.63, 3.8) is 0 Å². The molecular formula is C11H16N2O2S. The first-order chi connectivity index (χ1) is 7.68. The van der Waals surface area contributed by atoms with Crippen LogP contribution in [0.5, 0.6) is 0 Å². The summed E-state index contributed by atoms with van der Waals surface area (Å²) >= 11 is 4.73. The van der Waals surface area contributed by atoms with Gasteiger partial charge in [0.2, 0.25) is 5.91 Å². The van der Waals surface area contributed by atoms with Gasteiger partial charge in [-0.2, -0.15) is 0 Å². The summed E-state index contributed by atoms with van der Waals surface area (Å²) in [5.41, 5.74) is 5.34. The molecule has 0 aromatic carbocycles. The zero-order valence-corrected chi connectivity index (χ0v) is 9.89. The standard InChI is InChI=1S/C11H16N2O2S/c12-10(16)4-1-7-13-11(14)6-5-9-3-2-8-15-9/h2-3,8H,1,4-7H2,(H2,12,16)(H,13,14). The van der Waals surface area contributed by atoms with Crippen molar-refractivity contribution in [3.8, 4) is 0 Å². The lowest BCUT2D eigenvalue weighted by molar-refractivity contribution is -0.121. The van der Waals surface area contributed by atoms with Crippen molar-refractivity contribution in [1.82, 2.24) is 5.32 Å². The van der Waals surface area contributed by atoms with Gasteiger partial charge in [0, 0.05) is 19.4 Å². The lowest BCUT2D eigenvalue weighted by atomic mass is 10.2. The van der Waals surface area contributed by atoms with Crippen LogP contribution in [0.25, 0.3) is 0 Å². The van der Waals surface area contributed by atoms with E-state index in [0.717, 1.165) is 12.2 Å². The minimum Gasteiger partial charge on any atom is -0.469 e. The predicted octanol–water partition coefficient (Wildman–Crippen LogP) is 1.39. The van der Waals surface area contributed by atoms with Crippen LogP contribution in [0, 0.1) is 0 Å². The van der Waals surface area contributed by atoms with E-state index in [1.54, 1.807) is 6.26 Å². The molecular weight excluding hydrogens is 224 g/mol. The molecule has 0 atom stereocenters. The SMILES string of the molecule is NC(=S)CCCNC(=O)CCc1ccco1. The van der Waals surface area contributed by atoms with Crippen LogP contribution in [-0.4, -0.2) is 17.4 Å². The summed E-state index contributed by atoms with van der Waals surface area (Å²) in [6.07, 6.45) is 4.15. The number of hydrogen-bond acceptors (Lipinski definition) is 3. The molecule has 1 aromatic heterocycles. The molecule has 4 nitrogen and oxygen atoms in total. The van der Waals surface area contributed by atoms with E-state index >= 15 is 0 Å². The van der Waals surface area contributed by atoms with E-state index < -0.39 is 0 Å². The Hall–Kier alpha value is -1.36. The molecule has 16 heavy (non-hydrogen) atoms. The topological polar surface area (TPSA) is 68.3 Å². The zero-order valence-electron chi connectivity index (χ0n) is 9.07. The van der Waals surface area contributed by atoms with E-state index in [2.05, 4.69) is 5.32 Å². The Morgan fingerprint density at radius 3 is 2.94 bits per heavy atom.